The third kappa shape index (κ3) is 3.82. The number of carbonyl (C=O) groups is 1. The largest absolute Gasteiger partial charge is 0.351 e. The van der Waals surface area contributed by atoms with Gasteiger partial charge < -0.3 is 5.32 Å². The van der Waals surface area contributed by atoms with Crippen molar-refractivity contribution in [1.29, 1.82) is 0 Å². The van der Waals surface area contributed by atoms with E-state index >= 15 is 0 Å². The van der Waals surface area contributed by atoms with E-state index < -0.39 is 0 Å². The molecule has 1 atom stereocenters. The maximum absolute atomic E-state index is 12.3. The van der Waals surface area contributed by atoms with Crippen LogP contribution < -0.4 is 5.32 Å². The smallest absolute Gasteiger partial charge is 0.234 e. The lowest BCUT2D eigenvalue weighted by atomic mass is 9.98. The molecule has 0 radical (unpaired) electrons. The minimum atomic E-state index is 0.114. The summed E-state index contributed by atoms with van der Waals surface area (Å²) in [5, 5.41) is 5.23. The van der Waals surface area contributed by atoms with Gasteiger partial charge in [0.05, 0.1) is 6.54 Å². The van der Waals surface area contributed by atoms with Crippen LogP contribution in [0.25, 0.3) is 0 Å². The average molecular weight is 328 g/mol. The van der Waals surface area contributed by atoms with Gasteiger partial charge in [-0.25, -0.2) is 0 Å². The number of nitrogens with one attached hydrogen (secondary N) is 1. The number of thiophene rings is 1. The summed E-state index contributed by atoms with van der Waals surface area (Å²) < 4.78 is 0. The van der Waals surface area contributed by atoms with Gasteiger partial charge in [0.1, 0.15) is 0 Å². The van der Waals surface area contributed by atoms with Gasteiger partial charge >= 0.3 is 0 Å². The predicted octanol–water partition coefficient (Wildman–Crippen LogP) is 3.68. The third-order valence-electron chi connectivity index (χ3n) is 4.55. The zero-order valence-corrected chi connectivity index (χ0v) is 14.7. The molecule has 1 amide bonds. The van der Waals surface area contributed by atoms with Crippen molar-refractivity contribution >= 4 is 17.2 Å². The summed E-state index contributed by atoms with van der Waals surface area (Å²) in [4.78, 5) is 16.1. The van der Waals surface area contributed by atoms with Crippen LogP contribution in [0.3, 0.4) is 0 Å². The molecule has 0 spiro atoms. The standard InChI is InChI=1S/C19H24N2OS/c1-3-17-16-9-11-23-18(16)8-10-21(17)13-19(22)20-12-15-6-4-14(2)5-7-15/h4-7,9,11,17H,3,8,10,12-13H2,1-2H3,(H,20,22)/t17-/m1/s1. The van der Waals surface area contributed by atoms with Gasteiger partial charge in [-0.1, -0.05) is 36.8 Å². The lowest BCUT2D eigenvalue weighted by Gasteiger charge is -2.34. The van der Waals surface area contributed by atoms with Gasteiger partial charge in [-0.15, -0.1) is 11.3 Å². The van der Waals surface area contributed by atoms with Crippen LogP contribution in [0, 0.1) is 6.92 Å². The zero-order chi connectivity index (χ0) is 16.2. The van der Waals surface area contributed by atoms with Gasteiger partial charge in [0.15, 0.2) is 0 Å². The number of hydrogen-bond acceptors (Lipinski definition) is 3. The highest BCUT2D eigenvalue weighted by molar-refractivity contribution is 7.10. The van der Waals surface area contributed by atoms with Crippen LogP contribution in [-0.2, 0) is 17.8 Å². The highest BCUT2D eigenvalue weighted by atomic mass is 32.1. The summed E-state index contributed by atoms with van der Waals surface area (Å²) in [6.45, 7) is 6.34. The van der Waals surface area contributed by atoms with Crippen LogP contribution >= 0.6 is 11.3 Å². The molecule has 3 rings (SSSR count). The van der Waals surface area contributed by atoms with Crippen LogP contribution in [-0.4, -0.2) is 23.9 Å². The minimum absolute atomic E-state index is 0.114. The number of rotatable bonds is 5. The first kappa shape index (κ1) is 16.2. The van der Waals surface area contributed by atoms with Crippen LogP contribution in [0.1, 0.15) is 41.0 Å². The lowest BCUT2D eigenvalue weighted by molar-refractivity contribution is -0.123. The van der Waals surface area contributed by atoms with Crippen LogP contribution in [0.4, 0.5) is 0 Å². The van der Waals surface area contributed by atoms with Gasteiger partial charge in [0, 0.05) is 24.0 Å². The SMILES string of the molecule is CC[C@@H]1c2ccsc2CCN1CC(=O)NCc1ccc(C)cc1. The number of carbonyl (C=O) groups excluding carboxylic acids is 1. The van der Waals surface area contributed by atoms with Crippen molar-refractivity contribution in [2.45, 2.75) is 39.3 Å². The number of nitrogens with zero attached hydrogens (tertiary/aromatic N) is 1. The first-order valence-electron chi connectivity index (χ1n) is 8.30. The fourth-order valence-corrected chi connectivity index (χ4v) is 4.19. The molecule has 0 unspecified atom stereocenters. The molecule has 1 aliphatic heterocycles. The monoisotopic (exact) mass is 328 g/mol. The fourth-order valence-electron chi connectivity index (χ4n) is 3.26. The Hall–Kier alpha value is -1.65. The summed E-state index contributed by atoms with van der Waals surface area (Å²) in [5.41, 5.74) is 3.82. The van der Waals surface area contributed by atoms with Crippen molar-refractivity contribution in [1.82, 2.24) is 10.2 Å². The van der Waals surface area contributed by atoms with Crippen molar-refractivity contribution in [2.24, 2.45) is 0 Å². The number of amides is 1. The number of aryl methyl sites for hydroxylation is 1. The minimum Gasteiger partial charge on any atom is -0.351 e. The highest BCUT2D eigenvalue weighted by Gasteiger charge is 2.27. The van der Waals surface area contributed by atoms with Gasteiger partial charge in [0.2, 0.25) is 5.91 Å². The van der Waals surface area contributed by atoms with E-state index in [9.17, 15) is 4.79 Å². The summed E-state index contributed by atoms with van der Waals surface area (Å²) in [7, 11) is 0. The topological polar surface area (TPSA) is 32.3 Å². The van der Waals surface area contributed by atoms with Crippen LogP contribution in [0.15, 0.2) is 35.7 Å². The van der Waals surface area contributed by atoms with Crippen LogP contribution in [0.5, 0.6) is 0 Å². The summed E-state index contributed by atoms with van der Waals surface area (Å²) >= 11 is 1.85. The predicted molar refractivity (Wildman–Crippen MR) is 95.7 cm³/mol. The molecule has 1 aromatic heterocycles. The molecular weight excluding hydrogens is 304 g/mol. The second-order valence-corrected chi connectivity index (χ2v) is 7.21. The zero-order valence-electron chi connectivity index (χ0n) is 13.8. The molecule has 0 aliphatic carbocycles. The average Bonchev–Trinajstić information content (AvgIpc) is 3.03. The van der Waals surface area contributed by atoms with Crippen molar-refractivity contribution < 1.29 is 4.79 Å². The molecule has 23 heavy (non-hydrogen) atoms. The second kappa shape index (κ2) is 7.28. The molecule has 1 aromatic carbocycles. The molecule has 2 heterocycles. The third-order valence-corrected chi connectivity index (χ3v) is 5.55. The highest BCUT2D eigenvalue weighted by Crippen LogP contribution is 2.34. The van der Waals surface area contributed by atoms with Crippen molar-refractivity contribution in [3.8, 4) is 0 Å². The number of benzene rings is 1. The van der Waals surface area contributed by atoms with Gasteiger partial charge in [0.25, 0.3) is 0 Å². The summed E-state index contributed by atoms with van der Waals surface area (Å²) in [6, 6.07) is 10.9. The molecule has 0 bridgehead atoms. The van der Waals surface area contributed by atoms with E-state index in [0.717, 1.165) is 24.9 Å². The second-order valence-electron chi connectivity index (χ2n) is 6.21. The van der Waals surface area contributed by atoms with Gasteiger partial charge in [-0.2, -0.15) is 0 Å². The van der Waals surface area contributed by atoms with Gasteiger partial charge in [-0.3, -0.25) is 9.69 Å². The molecule has 0 saturated carbocycles. The van der Waals surface area contributed by atoms with Crippen LogP contribution in [0.2, 0.25) is 0 Å². The van der Waals surface area contributed by atoms with E-state index in [1.165, 1.54) is 16.0 Å². The summed E-state index contributed by atoms with van der Waals surface area (Å²) in [6.07, 6.45) is 2.11. The first-order chi connectivity index (χ1) is 11.2. The fraction of sp³-hybridized carbons (Fsp3) is 0.421. The van der Waals surface area contributed by atoms with E-state index in [0.29, 0.717) is 19.1 Å². The Labute approximate surface area is 142 Å². The van der Waals surface area contributed by atoms with Gasteiger partial charge in [-0.05, 0) is 42.3 Å². The lowest BCUT2D eigenvalue weighted by Crippen LogP contribution is -2.42. The molecule has 1 N–H and O–H groups in total. The number of fused-ring (bicyclic) bond motifs is 1. The molecule has 4 heteroatoms. The Morgan fingerprint density at radius 1 is 1.30 bits per heavy atom. The number of hydrogen-bond donors (Lipinski definition) is 1. The molecule has 3 nitrogen and oxygen atoms in total. The Bertz CT molecular complexity index is 662. The molecule has 1 aliphatic rings. The van der Waals surface area contributed by atoms with E-state index in [1.54, 1.807) is 0 Å². The molecule has 2 aromatic rings. The Morgan fingerprint density at radius 3 is 2.83 bits per heavy atom. The Balaban J connectivity index is 1.56. The van der Waals surface area contributed by atoms with Crippen molar-refractivity contribution in [2.75, 3.05) is 13.1 Å². The first-order valence-corrected chi connectivity index (χ1v) is 9.18. The molecular formula is C19H24N2OS. The van der Waals surface area contributed by atoms with Crippen molar-refractivity contribution in [3.63, 3.8) is 0 Å². The van der Waals surface area contributed by atoms with Crippen molar-refractivity contribution in [3.05, 3.63) is 57.3 Å². The molecule has 0 fully saturated rings. The molecule has 122 valence electrons. The maximum atomic E-state index is 12.3. The van der Waals surface area contributed by atoms with E-state index in [1.807, 2.05) is 11.3 Å². The Morgan fingerprint density at radius 2 is 2.09 bits per heavy atom. The maximum Gasteiger partial charge on any atom is 0.234 e. The quantitative estimate of drug-likeness (QED) is 0.908. The van der Waals surface area contributed by atoms with E-state index in [2.05, 4.69) is 59.8 Å². The summed E-state index contributed by atoms with van der Waals surface area (Å²) in [5.74, 6) is 0.114. The van der Waals surface area contributed by atoms with E-state index in [-0.39, 0.29) is 5.91 Å². The Kier molecular flexibility index (Phi) is 5.13. The molecule has 0 saturated heterocycles. The van der Waals surface area contributed by atoms with E-state index in [4.69, 9.17) is 0 Å². The normalized spacial score (nSPS) is 17.7.